The summed E-state index contributed by atoms with van der Waals surface area (Å²) in [6.45, 7) is 7.79. The standard InChI is InChI=1S/C13H21NO2/c1-9(2)14-13(11(4)15)16-12-7-5-10(3)6-8-12/h5-9,11,13-15H,1-4H3. The lowest BCUT2D eigenvalue weighted by Crippen LogP contribution is -2.46. The first-order chi connectivity index (χ1) is 7.49. The number of aryl methyl sites for hydroxylation is 1. The second kappa shape index (κ2) is 5.87. The van der Waals surface area contributed by atoms with Crippen LogP contribution in [0.15, 0.2) is 24.3 Å². The zero-order valence-electron chi connectivity index (χ0n) is 10.4. The lowest BCUT2D eigenvalue weighted by Gasteiger charge is -2.25. The van der Waals surface area contributed by atoms with E-state index in [0.717, 1.165) is 5.75 Å². The highest BCUT2D eigenvalue weighted by Crippen LogP contribution is 2.14. The van der Waals surface area contributed by atoms with Gasteiger partial charge in [-0.1, -0.05) is 17.7 Å². The van der Waals surface area contributed by atoms with Gasteiger partial charge in [0.05, 0.1) is 0 Å². The normalized spacial score (nSPS) is 14.9. The van der Waals surface area contributed by atoms with Gasteiger partial charge in [0.2, 0.25) is 0 Å². The van der Waals surface area contributed by atoms with E-state index >= 15 is 0 Å². The third-order valence-corrected chi connectivity index (χ3v) is 2.22. The first kappa shape index (κ1) is 13.0. The van der Waals surface area contributed by atoms with Crippen LogP contribution in [0.5, 0.6) is 5.75 Å². The fourth-order valence-corrected chi connectivity index (χ4v) is 1.36. The van der Waals surface area contributed by atoms with Gasteiger partial charge in [0.25, 0.3) is 0 Å². The third kappa shape index (κ3) is 4.21. The van der Waals surface area contributed by atoms with Crippen LogP contribution in [0.4, 0.5) is 0 Å². The van der Waals surface area contributed by atoms with Gasteiger partial charge in [-0.2, -0.15) is 0 Å². The van der Waals surface area contributed by atoms with Crippen molar-refractivity contribution in [3.63, 3.8) is 0 Å². The molecule has 0 aliphatic rings. The number of ether oxygens (including phenoxy) is 1. The molecule has 0 heterocycles. The molecule has 0 aromatic heterocycles. The molecule has 0 saturated heterocycles. The highest BCUT2D eigenvalue weighted by Gasteiger charge is 2.17. The topological polar surface area (TPSA) is 41.5 Å². The van der Waals surface area contributed by atoms with E-state index in [0.29, 0.717) is 0 Å². The van der Waals surface area contributed by atoms with Crippen LogP contribution in [0.1, 0.15) is 26.3 Å². The summed E-state index contributed by atoms with van der Waals surface area (Å²) in [5.41, 5.74) is 1.19. The van der Waals surface area contributed by atoms with Crippen LogP contribution in [0.25, 0.3) is 0 Å². The predicted octanol–water partition coefficient (Wildman–Crippen LogP) is 2.08. The van der Waals surface area contributed by atoms with Gasteiger partial charge >= 0.3 is 0 Å². The SMILES string of the molecule is Cc1ccc(OC(NC(C)C)C(C)O)cc1. The summed E-state index contributed by atoms with van der Waals surface area (Å²) >= 11 is 0. The van der Waals surface area contributed by atoms with Crippen molar-refractivity contribution in [3.8, 4) is 5.75 Å². The van der Waals surface area contributed by atoms with E-state index in [2.05, 4.69) is 5.32 Å². The Bertz CT molecular complexity index is 306. The molecule has 1 aromatic rings. The Labute approximate surface area is 97.4 Å². The van der Waals surface area contributed by atoms with E-state index in [1.54, 1.807) is 6.92 Å². The van der Waals surface area contributed by atoms with Crippen molar-refractivity contribution in [3.05, 3.63) is 29.8 Å². The third-order valence-electron chi connectivity index (χ3n) is 2.22. The van der Waals surface area contributed by atoms with Gasteiger partial charge in [-0.25, -0.2) is 0 Å². The van der Waals surface area contributed by atoms with Crippen molar-refractivity contribution in [2.75, 3.05) is 0 Å². The maximum Gasteiger partial charge on any atom is 0.176 e. The molecular weight excluding hydrogens is 202 g/mol. The fourth-order valence-electron chi connectivity index (χ4n) is 1.36. The second-order valence-electron chi connectivity index (χ2n) is 4.41. The van der Waals surface area contributed by atoms with Crippen molar-refractivity contribution in [2.24, 2.45) is 0 Å². The molecular formula is C13H21NO2. The molecule has 2 unspecified atom stereocenters. The zero-order chi connectivity index (χ0) is 12.1. The minimum absolute atomic E-state index is 0.269. The molecule has 3 nitrogen and oxygen atoms in total. The largest absolute Gasteiger partial charge is 0.473 e. The van der Waals surface area contributed by atoms with Crippen LogP contribution < -0.4 is 10.1 Å². The van der Waals surface area contributed by atoms with Gasteiger partial charge < -0.3 is 9.84 Å². The van der Waals surface area contributed by atoms with Crippen molar-refractivity contribution >= 4 is 0 Å². The Balaban J connectivity index is 2.64. The van der Waals surface area contributed by atoms with Crippen LogP contribution in [-0.4, -0.2) is 23.5 Å². The summed E-state index contributed by atoms with van der Waals surface area (Å²) in [5.74, 6) is 0.768. The molecule has 0 amide bonds. The first-order valence-corrected chi connectivity index (χ1v) is 5.66. The Morgan fingerprint density at radius 1 is 1.12 bits per heavy atom. The Morgan fingerprint density at radius 3 is 2.12 bits per heavy atom. The molecule has 16 heavy (non-hydrogen) atoms. The van der Waals surface area contributed by atoms with Gasteiger partial charge in [0.15, 0.2) is 6.23 Å². The van der Waals surface area contributed by atoms with Gasteiger partial charge in [0.1, 0.15) is 11.9 Å². The summed E-state index contributed by atoms with van der Waals surface area (Å²) in [6, 6.07) is 8.07. The number of benzene rings is 1. The van der Waals surface area contributed by atoms with E-state index in [1.165, 1.54) is 5.56 Å². The predicted molar refractivity (Wildman–Crippen MR) is 65.5 cm³/mol. The minimum Gasteiger partial charge on any atom is -0.473 e. The summed E-state index contributed by atoms with van der Waals surface area (Å²) in [5, 5.41) is 12.8. The van der Waals surface area contributed by atoms with Crippen LogP contribution in [0, 0.1) is 6.92 Å². The van der Waals surface area contributed by atoms with Crippen molar-refractivity contribution in [1.82, 2.24) is 5.32 Å². The van der Waals surface area contributed by atoms with Crippen LogP contribution in [0.3, 0.4) is 0 Å². The van der Waals surface area contributed by atoms with E-state index in [9.17, 15) is 5.11 Å². The summed E-state index contributed by atoms with van der Waals surface area (Å²) in [7, 11) is 0. The number of rotatable bonds is 5. The van der Waals surface area contributed by atoms with E-state index < -0.39 is 6.10 Å². The van der Waals surface area contributed by atoms with Crippen LogP contribution in [-0.2, 0) is 0 Å². The molecule has 0 fully saturated rings. The fraction of sp³-hybridized carbons (Fsp3) is 0.538. The summed E-state index contributed by atoms with van der Waals surface area (Å²) < 4.78 is 5.68. The first-order valence-electron chi connectivity index (χ1n) is 5.66. The Hall–Kier alpha value is -1.06. The summed E-state index contributed by atoms with van der Waals surface area (Å²) in [4.78, 5) is 0. The lowest BCUT2D eigenvalue weighted by molar-refractivity contribution is 0.0218. The molecule has 0 aliphatic carbocycles. The van der Waals surface area contributed by atoms with Crippen molar-refractivity contribution in [1.29, 1.82) is 0 Å². The number of nitrogens with one attached hydrogen (secondary N) is 1. The molecule has 1 aromatic carbocycles. The molecule has 90 valence electrons. The number of hydrogen-bond acceptors (Lipinski definition) is 3. The minimum atomic E-state index is -0.552. The highest BCUT2D eigenvalue weighted by atomic mass is 16.5. The molecule has 1 rings (SSSR count). The Morgan fingerprint density at radius 2 is 1.69 bits per heavy atom. The molecule has 0 saturated carbocycles. The number of aliphatic hydroxyl groups excluding tert-OH is 1. The molecule has 0 spiro atoms. The number of aliphatic hydroxyl groups is 1. The molecule has 0 radical (unpaired) electrons. The monoisotopic (exact) mass is 223 g/mol. The Kier molecular flexibility index (Phi) is 4.77. The molecule has 0 aliphatic heterocycles. The lowest BCUT2D eigenvalue weighted by atomic mass is 10.2. The smallest absolute Gasteiger partial charge is 0.176 e. The quantitative estimate of drug-likeness (QED) is 0.751. The van der Waals surface area contributed by atoms with Gasteiger partial charge in [0, 0.05) is 6.04 Å². The summed E-state index contributed by atoms with van der Waals surface area (Å²) in [6.07, 6.45) is -0.925. The van der Waals surface area contributed by atoms with E-state index in [-0.39, 0.29) is 12.3 Å². The zero-order valence-corrected chi connectivity index (χ0v) is 10.4. The van der Waals surface area contributed by atoms with Gasteiger partial charge in [-0.15, -0.1) is 0 Å². The average molecular weight is 223 g/mol. The molecule has 0 bridgehead atoms. The molecule has 2 N–H and O–H groups in total. The highest BCUT2D eigenvalue weighted by molar-refractivity contribution is 5.26. The van der Waals surface area contributed by atoms with E-state index in [4.69, 9.17) is 4.74 Å². The van der Waals surface area contributed by atoms with Crippen molar-refractivity contribution < 1.29 is 9.84 Å². The maximum atomic E-state index is 9.59. The van der Waals surface area contributed by atoms with E-state index in [1.807, 2.05) is 45.0 Å². The molecule has 2 atom stereocenters. The van der Waals surface area contributed by atoms with Crippen LogP contribution in [0.2, 0.25) is 0 Å². The van der Waals surface area contributed by atoms with Crippen LogP contribution >= 0.6 is 0 Å². The molecule has 3 heteroatoms. The maximum absolute atomic E-state index is 9.59. The number of hydrogen-bond donors (Lipinski definition) is 2. The second-order valence-corrected chi connectivity index (χ2v) is 4.41. The van der Waals surface area contributed by atoms with Crippen molar-refractivity contribution in [2.45, 2.75) is 46.1 Å². The van der Waals surface area contributed by atoms with Gasteiger partial charge in [-0.05, 0) is 39.8 Å². The average Bonchev–Trinajstić information content (AvgIpc) is 2.19. The van der Waals surface area contributed by atoms with Gasteiger partial charge in [-0.3, -0.25) is 5.32 Å².